The number of rotatable bonds is 9. The molecule has 0 spiro atoms. The van der Waals surface area contributed by atoms with Crippen molar-refractivity contribution in [3.63, 3.8) is 0 Å². The van der Waals surface area contributed by atoms with Crippen LogP contribution >= 0.6 is 0 Å². The molecule has 1 heterocycles. The number of hydrogen-bond acceptors (Lipinski definition) is 7. The van der Waals surface area contributed by atoms with Crippen LogP contribution in [0.1, 0.15) is 31.8 Å². The van der Waals surface area contributed by atoms with Crippen molar-refractivity contribution in [2.45, 2.75) is 13.2 Å². The summed E-state index contributed by atoms with van der Waals surface area (Å²) in [4.78, 5) is 29.2. The topological polar surface area (TPSA) is 107 Å². The van der Waals surface area contributed by atoms with Gasteiger partial charge < -0.3 is 24.6 Å². The predicted octanol–water partition coefficient (Wildman–Crippen LogP) is 4.98. The molecule has 8 heteroatoms. The van der Waals surface area contributed by atoms with E-state index in [9.17, 15) is 14.7 Å². The van der Waals surface area contributed by atoms with Crippen molar-refractivity contribution in [2.24, 2.45) is 0 Å². The van der Waals surface area contributed by atoms with Crippen molar-refractivity contribution in [1.29, 1.82) is 0 Å². The van der Waals surface area contributed by atoms with E-state index in [2.05, 4.69) is 15.0 Å². The number of benzene rings is 3. The van der Waals surface area contributed by atoms with Gasteiger partial charge in [-0.25, -0.2) is 4.79 Å². The quantitative estimate of drug-likeness (QED) is 0.255. The molecule has 0 aliphatic heterocycles. The molecule has 4 rings (SSSR count). The Labute approximate surface area is 208 Å². The number of pyridine rings is 1. The molecule has 0 aliphatic rings. The second-order valence-electron chi connectivity index (χ2n) is 7.73. The number of esters is 1. The summed E-state index contributed by atoms with van der Waals surface area (Å²) in [6.45, 7) is 0.493. The number of anilines is 1. The molecule has 182 valence electrons. The maximum Gasteiger partial charge on any atom is 0.337 e. The van der Waals surface area contributed by atoms with E-state index in [1.54, 1.807) is 12.1 Å². The number of amides is 1. The van der Waals surface area contributed by atoms with Gasteiger partial charge in [-0.15, -0.1) is 0 Å². The van der Waals surface area contributed by atoms with Crippen LogP contribution in [0, 0.1) is 0 Å². The van der Waals surface area contributed by atoms with Gasteiger partial charge in [0.1, 0.15) is 24.5 Å². The number of hydrogen-bond donors (Lipinski definition) is 2. The molecule has 1 amide bonds. The van der Waals surface area contributed by atoms with Crippen LogP contribution in [-0.4, -0.2) is 29.1 Å². The zero-order valence-corrected chi connectivity index (χ0v) is 19.5. The third kappa shape index (κ3) is 6.18. The number of nitrogens with one attached hydrogen (secondary N) is 1. The Morgan fingerprint density at radius 1 is 0.833 bits per heavy atom. The summed E-state index contributed by atoms with van der Waals surface area (Å²) in [5.74, 6) is -1.07. The Morgan fingerprint density at radius 2 is 1.47 bits per heavy atom. The average molecular weight is 485 g/mol. The molecule has 0 fully saturated rings. The van der Waals surface area contributed by atoms with Crippen molar-refractivity contribution >= 4 is 17.6 Å². The monoisotopic (exact) mass is 484 g/mol. The van der Waals surface area contributed by atoms with E-state index < -0.39 is 11.9 Å². The molecule has 0 aliphatic carbocycles. The molecule has 0 unspecified atom stereocenters. The summed E-state index contributed by atoms with van der Waals surface area (Å²) >= 11 is 0. The molecule has 0 bridgehead atoms. The van der Waals surface area contributed by atoms with E-state index in [0.717, 1.165) is 11.1 Å². The van der Waals surface area contributed by atoms with Crippen LogP contribution in [0.5, 0.6) is 17.5 Å². The molecule has 1 aromatic heterocycles. The molecule has 0 radical (unpaired) electrons. The molecule has 2 N–H and O–H groups in total. The summed E-state index contributed by atoms with van der Waals surface area (Å²) < 4.78 is 16.3. The highest BCUT2D eigenvalue weighted by atomic mass is 16.5. The lowest BCUT2D eigenvalue weighted by molar-refractivity contribution is 0.0600. The second-order valence-corrected chi connectivity index (χ2v) is 7.73. The first-order chi connectivity index (χ1) is 17.5. The molecule has 3 aromatic carbocycles. The fourth-order valence-corrected chi connectivity index (χ4v) is 3.32. The van der Waals surface area contributed by atoms with Gasteiger partial charge in [0.2, 0.25) is 11.8 Å². The lowest BCUT2D eigenvalue weighted by Crippen LogP contribution is -2.15. The number of ether oxygens (including phenoxy) is 3. The largest absolute Gasteiger partial charge is 0.506 e. The molecule has 36 heavy (non-hydrogen) atoms. The number of methoxy groups -OCH3 is 1. The lowest BCUT2D eigenvalue weighted by atomic mass is 10.1. The first-order valence-corrected chi connectivity index (χ1v) is 11.1. The van der Waals surface area contributed by atoms with Crippen LogP contribution in [-0.2, 0) is 18.0 Å². The summed E-state index contributed by atoms with van der Waals surface area (Å²) in [6, 6.07) is 26.3. The molecule has 0 atom stereocenters. The van der Waals surface area contributed by atoms with Gasteiger partial charge in [-0.3, -0.25) is 4.79 Å². The Bertz CT molecular complexity index is 1340. The minimum absolute atomic E-state index is 0.0765. The molecule has 4 aromatic rings. The van der Waals surface area contributed by atoms with Crippen LogP contribution < -0.4 is 14.8 Å². The van der Waals surface area contributed by atoms with Gasteiger partial charge in [0.15, 0.2) is 0 Å². The van der Waals surface area contributed by atoms with E-state index in [0.29, 0.717) is 12.5 Å². The van der Waals surface area contributed by atoms with Crippen molar-refractivity contribution in [3.05, 3.63) is 113 Å². The van der Waals surface area contributed by atoms with Crippen molar-refractivity contribution in [1.82, 2.24) is 4.98 Å². The summed E-state index contributed by atoms with van der Waals surface area (Å²) in [7, 11) is 1.24. The zero-order valence-electron chi connectivity index (χ0n) is 19.5. The van der Waals surface area contributed by atoms with Crippen LogP contribution in [0.4, 0.5) is 5.69 Å². The van der Waals surface area contributed by atoms with E-state index in [1.165, 1.54) is 25.3 Å². The van der Waals surface area contributed by atoms with E-state index >= 15 is 0 Å². The Kier molecular flexibility index (Phi) is 7.77. The second kappa shape index (κ2) is 11.5. The number of phenols is 1. The minimum atomic E-state index is -0.602. The molecule has 0 saturated carbocycles. The first-order valence-electron chi connectivity index (χ1n) is 11.1. The Hall–Kier alpha value is -4.85. The van der Waals surface area contributed by atoms with Crippen molar-refractivity contribution < 1.29 is 28.9 Å². The highest BCUT2D eigenvalue weighted by molar-refractivity contribution is 6.06. The first kappa shape index (κ1) is 24.3. The SMILES string of the molecule is COC(=O)c1ccc(NC(=O)c2ccc(OCc3ccccc3)nc2OCc2ccccc2)c(O)c1. The number of carbonyl (C=O) groups excluding carboxylic acids is 2. The highest BCUT2D eigenvalue weighted by Crippen LogP contribution is 2.28. The van der Waals surface area contributed by atoms with Gasteiger partial charge in [0, 0.05) is 6.07 Å². The normalized spacial score (nSPS) is 10.4. The van der Waals surface area contributed by atoms with E-state index in [1.807, 2.05) is 60.7 Å². The Morgan fingerprint density at radius 3 is 2.08 bits per heavy atom. The molecular formula is C28H24N2O6. The average Bonchev–Trinajstić information content (AvgIpc) is 2.92. The van der Waals surface area contributed by atoms with Crippen LogP contribution in [0.15, 0.2) is 91.0 Å². The number of aromatic hydroxyl groups is 1. The molecule has 0 saturated heterocycles. The summed E-state index contributed by atoms with van der Waals surface area (Å²) in [5, 5.41) is 12.9. The molecular weight excluding hydrogens is 460 g/mol. The van der Waals surface area contributed by atoms with Crippen molar-refractivity contribution in [2.75, 3.05) is 12.4 Å². The standard InChI is InChI=1S/C28H24N2O6/c1-34-28(33)21-12-14-23(24(31)16-21)29-26(32)22-13-15-25(35-17-19-8-4-2-5-9-19)30-27(22)36-18-20-10-6-3-7-11-20/h2-16,31H,17-18H2,1H3,(H,29,32). The fourth-order valence-electron chi connectivity index (χ4n) is 3.32. The highest BCUT2D eigenvalue weighted by Gasteiger charge is 2.18. The van der Waals surface area contributed by atoms with Gasteiger partial charge in [0.05, 0.1) is 18.4 Å². The van der Waals surface area contributed by atoms with Crippen LogP contribution in [0.2, 0.25) is 0 Å². The maximum absolute atomic E-state index is 13.1. The summed E-state index contributed by atoms with van der Waals surface area (Å²) in [6.07, 6.45) is 0. The third-order valence-corrected chi connectivity index (χ3v) is 5.19. The van der Waals surface area contributed by atoms with Gasteiger partial charge in [-0.2, -0.15) is 4.98 Å². The Balaban J connectivity index is 1.55. The van der Waals surface area contributed by atoms with Crippen LogP contribution in [0.3, 0.4) is 0 Å². The summed E-state index contributed by atoms with van der Waals surface area (Å²) in [5.41, 5.74) is 2.29. The van der Waals surface area contributed by atoms with E-state index in [4.69, 9.17) is 9.47 Å². The van der Waals surface area contributed by atoms with E-state index in [-0.39, 0.29) is 35.1 Å². The third-order valence-electron chi connectivity index (χ3n) is 5.19. The minimum Gasteiger partial charge on any atom is -0.506 e. The van der Waals surface area contributed by atoms with Crippen molar-refractivity contribution in [3.8, 4) is 17.5 Å². The zero-order chi connectivity index (χ0) is 25.3. The lowest BCUT2D eigenvalue weighted by Gasteiger charge is -2.14. The number of nitrogens with zero attached hydrogens (tertiary/aromatic N) is 1. The van der Waals surface area contributed by atoms with Gasteiger partial charge in [-0.05, 0) is 35.4 Å². The smallest absolute Gasteiger partial charge is 0.337 e. The van der Waals surface area contributed by atoms with Gasteiger partial charge in [-0.1, -0.05) is 60.7 Å². The fraction of sp³-hybridized carbons (Fsp3) is 0.107. The number of carbonyl (C=O) groups is 2. The van der Waals surface area contributed by atoms with Gasteiger partial charge >= 0.3 is 5.97 Å². The predicted molar refractivity (Wildman–Crippen MR) is 133 cm³/mol. The number of phenolic OH excluding ortho intramolecular Hbond substituents is 1. The number of aromatic nitrogens is 1. The van der Waals surface area contributed by atoms with Crippen LogP contribution in [0.25, 0.3) is 0 Å². The maximum atomic E-state index is 13.1. The van der Waals surface area contributed by atoms with Gasteiger partial charge in [0.25, 0.3) is 5.91 Å². The molecule has 8 nitrogen and oxygen atoms in total.